The van der Waals surface area contributed by atoms with Crippen LogP contribution >= 0.6 is 0 Å². The highest BCUT2D eigenvalue weighted by Gasteiger charge is 2.35. The van der Waals surface area contributed by atoms with Crippen molar-refractivity contribution in [3.05, 3.63) is 59.7 Å². The van der Waals surface area contributed by atoms with E-state index in [0.717, 1.165) is 28.5 Å². The largest absolute Gasteiger partial charge is 0.392 e. The van der Waals surface area contributed by atoms with E-state index >= 15 is 0 Å². The van der Waals surface area contributed by atoms with Crippen LogP contribution < -0.4 is 5.48 Å². The maximum absolute atomic E-state index is 11.9. The summed E-state index contributed by atoms with van der Waals surface area (Å²) in [7, 11) is -3.73. The van der Waals surface area contributed by atoms with Gasteiger partial charge in [-0.05, 0) is 29.2 Å². The van der Waals surface area contributed by atoms with Crippen LogP contribution in [0.4, 0.5) is 0 Å². The van der Waals surface area contributed by atoms with Gasteiger partial charge in [-0.2, -0.15) is 0 Å². The molecule has 0 saturated carbocycles. The molecule has 1 aliphatic rings. The molecule has 4 N–H and O–H groups in total. The highest BCUT2D eigenvalue weighted by Crippen LogP contribution is 2.25. The second-order valence-electron chi connectivity index (χ2n) is 8.29. The van der Waals surface area contributed by atoms with Gasteiger partial charge in [0.25, 0.3) is 5.91 Å². The third kappa shape index (κ3) is 6.38. The molecular weight excluding hydrogens is 448 g/mol. The van der Waals surface area contributed by atoms with E-state index in [0.29, 0.717) is 18.6 Å². The molecule has 1 unspecified atom stereocenters. The number of nitrogens with one attached hydrogen (secondary N) is 1. The van der Waals surface area contributed by atoms with Crippen molar-refractivity contribution >= 4 is 21.5 Å². The van der Waals surface area contributed by atoms with Crippen molar-refractivity contribution in [1.29, 1.82) is 0 Å². The Balaban J connectivity index is 1.63. The summed E-state index contributed by atoms with van der Waals surface area (Å²) in [5.74, 6) is -0.995. The lowest BCUT2D eigenvalue weighted by atomic mass is 9.97. The van der Waals surface area contributed by atoms with Crippen LogP contribution in [0.25, 0.3) is 11.1 Å². The number of rotatable bonds is 9. The van der Waals surface area contributed by atoms with E-state index in [1.807, 2.05) is 48.5 Å². The predicted molar refractivity (Wildman–Crippen MR) is 122 cm³/mol. The van der Waals surface area contributed by atoms with Crippen LogP contribution in [-0.4, -0.2) is 65.3 Å². The van der Waals surface area contributed by atoms with Crippen molar-refractivity contribution in [2.24, 2.45) is 5.16 Å². The van der Waals surface area contributed by atoms with Gasteiger partial charge in [-0.15, -0.1) is 0 Å². The van der Waals surface area contributed by atoms with Crippen LogP contribution in [0.15, 0.2) is 53.7 Å². The summed E-state index contributed by atoms with van der Waals surface area (Å²) in [5.41, 5.74) is 5.75. The van der Waals surface area contributed by atoms with E-state index < -0.39 is 39.3 Å². The molecule has 0 aromatic heterocycles. The van der Waals surface area contributed by atoms with Crippen molar-refractivity contribution in [1.82, 2.24) is 5.48 Å². The Morgan fingerprint density at radius 3 is 2.15 bits per heavy atom. The predicted octanol–water partition coefficient (Wildman–Crippen LogP) is 1.44. The highest BCUT2D eigenvalue weighted by atomic mass is 32.2. The van der Waals surface area contributed by atoms with Crippen molar-refractivity contribution in [3.63, 3.8) is 0 Å². The van der Waals surface area contributed by atoms with Crippen LogP contribution in [0.5, 0.6) is 0 Å². The summed E-state index contributed by atoms with van der Waals surface area (Å²) >= 11 is 0. The number of nitrogens with zero attached hydrogens (tertiary/aromatic N) is 1. The Bertz CT molecular complexity index is 1100. The zero-order chi connectivity index (χ0) is 24.2. The quantitative estimate of drug-likeness (QED) is 0.316. The maximum Gasteiger partial charge on any atom is 0.261 e. The van der Waals surface area contributed by atoms with Gasteiger partial charge in [0, 0.05) is 25.5 Å². The number of hydrogen-bond donors (Lipinski definition) is 4. The average Bonchev–Trinajstić information content (AvgIpc) is 3.25. The minimum atomic E-state index is -3.73. The molecule has 10 heteroatoms. The first-order valence-electron chi connectivity index (χ1n) is 10.5. The molecule has 0 spiro atoms. The van der Waals surface area contributed by atoms with Crippen LogP contribution in [0.2, 0.25) is 0 Å². The van der Waals surface area contributed by atoms with Gasteiger partial charge in [0.1, 0.15) is 11.4 Å². The lowest BCUT2D eigenvalue weighted by molar-refractivity contribution is -0.129. The van der Waals surface area contributed by atoms with Gasteiger partial charge in [-0.1, -0.05) is 53.7 Å². The zero-order valence-electron chi connectivity index (χ0n) is 18.4. The normalized spacial score (nSPS) is 18.7. The minimum Gasteiger partial charge on any atom is -0.392 e. The van der Waals surface area contributed by atoms with Gasteiger partial charge in [-0.25, -0.2) is 13.9 Å². The number of carbonyl (C=O) groups is 1. The fraction of sp³-hybridized carbons (Fsp3) is 0.391. The molecule has 9 nitrogen and oxygen atoms in total. The molecule has 2 aromatic rings. The molecular formula is C23H28N2O7S. The monoisotopic (exact) mass is 476 g/mol. The second kappa shape index (κ2) is 10.4. The highest BCUT2D eigenvalue weighted by molar-refractivity contribution is 7.92. The number of aliphatic hydroxyl groups excluding tert-OH is 2. The first-order valence-corrected chi connectivity index (χ1v) is 12.5. The molecule has 0 saturated heterocycles. The smallest absolute Gasteiger partial charge is 0.261 e. The molecule has 33 heavy (non-hydrogen) atoms. The van der Waals surface area contributed by atoms with Crippen LogP contribution in [0, 0.1) is 0 Å². The number of sulfone groups is 1. The lowest BCUT2D eigenvalue weighted by Crippen LogP contribution is -2.40. The summed E-state index contributed by atoms with van der Waals surface area (Å²) in [5, 5.41) is 30.7. The van der Waals surface area contributed by atoms with Gasteiger partial charge >= 0.3 is 0 Å². The lowest BCUT2D eigenvalue weighted by Gasteiger charge is -2.15. The summed E-state index contributed by atoms with van der Waals surface area (Å²) in [4.78, 5) is 17.1. The molecule has 4 atom stereocenters. The van der Waals surface area contributed by atoms with E-state index in [1.54, 1.807) is 6.92 Å². The molecule has 1 heterocycles. The SMILES string of the molecule is C[C@@H](O)[C@@H](O)Cc1ccc(-c2ccc(C3=NO[C@@H](CC(C(=O)NO)S(C)(=O)=O)C3)cc2)cc1. The fourth-order valence-corrected chi connectivity index (χ4v) is 4.62. The summed E-state index contributed by atoms with van der Waals surface area (Å²) < 4.78 is 23.7. The molecule has 0 fully saturated rings. The van der Waals surface area contributed by atoms with Crippen molar-refractivity contribution < 1.29 is 33.5 Å². The fourth-order valence-electron chi connectivity index (χ4n) is 3.61. The van der Waals surface area contributed by atoms with Gasteiger partial charge in [0.2, 0.25) is 0 Å². The summed E-state index contributed by atoms with van der Waals surface area (Å²) in [6.07, 6.45) is -0.664. The van der Waals surface area contributed by atoms with Crippen molar-refractivity contribution in [2.75, 3.05) is 6.26 Å². The van der Waals surface area contributed by atoms with Gasteiger partial charge < -0.3 is 15.1 Å². The molecule has 0 aliphatic carbocycles. The molecule has 2 aromatic carbocycles. The third-order valence-corrected chi connectivity index (χ3v) is 7.08. The van der Waals surface area contributed by atoms with E-state index in [1.165, 1.54) is 5.48 Å². The molecule has 0 radical (unpaired) electrons. The Morgan fingerprint density at radius 1 is 1.09 bits per heavy atom. The number of aliphatic hydroxyl groups is 2. The number of oxime groups is 1. The Labute approximate surface area is 192 Å². The summed E-state index contributed by atoms with van der Waals surface area (Å²) in [6.45, 7) is 1.55. The molecule has 1 aliphatic heterocycles. The van der Waals surface area contributed by atoms with Gasteiger partial charge in [0.05, 0.1) is 17.9 Å². The van der Waals surface area contributed by atoms with Crippen LogP contribution in [0.1, 0.15) is 30.9 Å². The van der Waals surface area contributed by atoms with Gasteiger partial charge in [0.15, 0.2) is 9.84 Å². The first kappa shape index (κ1) is 24.8. The molecule has 3 rings (SSSR count). The number of carbonyl (C=O) groups excluding carboxylic acids is 1. The minimum absolute atomic E-state index is 0.119. The second-order valence-corrected chi connectivity index (χ2v) is 10.5. The Morgan fingerprint density at radius 2 is 1.64 bits per heavy atom. The average molecular weight is 477 g/mol. The van der Waals surface area contributed by atoms with Crippen molar-refractivity contribution in [2.45, 2.75) is 49.7 Å². The first-order chi connectivity index (χ1) is 15.6. The zero-order valence-corrected chi connectivity index (χ0v) is 19.2. The van der Waals surface area contributed by atoms with Crippen LogP contribution in [0.3, 0.4) is 0 Å². The van der Waals surface area contributed by atoms with Gasteiger partial charge in [-0.3, -0.25) is 10.0 Å². The Kier molecular flexibility index (Phi) is 7.85. The molecule has 178 valence electrons. The summed E-state index contributed by atoms with van der Waals surface area (Å²) in [6, 6.07) is 15.4. The number of hydrogen-bond acceptors (Lipinski definition) is 8. The Hall–Kier alpha value is -2.79. The van der Waals surface area contributed by atoms with E-state index in [9.17, 15) is 23.4 Å². The number of amides is 1. The number of benzene rings is 2. The third-order valence-electron chi connectivity index (χ3n) is 5.64. The van der Waals surface area contributed by atoms with Crippen molar-refractivity contribution in [3.8, 4) is 11.1 Å². The molecule has 0 bridgehead atoms. The maximum atomic E-state index is 11.9. The number of hydroxylamine groups is 1. The van der Waals surface area contributed by atoms with E-state index in [4.69, 9.17) is 10.0 Å². The van der Waals surface area contributed by atoms with E-state index in [2.05, 4.69) is 5.16 Å². The standard InChI is InChI=1S/C23H28N2O7S/c1-14(26)21(27)11-15-3-5-16(6-4-15)17-7-9-18(10-8-17)20-12-19(32-25-20)13-22(23(28)24-29)33(2,30)31/h3-10,14,19,21-22,26-27,29H,11-13H2,1-2H3,(H,24,28)/t14-,19-,21+,22?/m1/s1. The van der Waals surface area contributed by atoms with E-state index in [-0.39, 0.29) is 6.42 Å². The topological polar surface area (TPSA) is 146 Å². The molecule has 1 amide bonds. The van der Waals surface area contributed by atoms with Crippen LogP contribution in [-0.2, 0) is 25.9 Å².